The summed E-state index contributed by atoms with van der Waals surface area (Å²) in [5.74, 6) is -0.0650. The first-order valence-electron chi connectivity index (χ1n) is 5.73. The van der Waals surface area contributed by atoms with Gasteiger partial charge in [0.2, 0.25) is 0 Å². The molecule has 4 nitrogen and oxygen atoms in total. The molecule has 17 heavy (non-hydrogen) atoms. The Morgan fingerprint density at radius 1 is 1.71 bits per heavy atom. The SMILES string of the molecule is CCC1CN(C(=O)c2cccnc2Cl)CCO1. The van der Waals surface area contributed by atoms with Gasteiger partial charge in [-0.25, -0.2) is 4.98 Å². The Kier molecular flexibility index (Phi) is 3.97. The molecule has 92 valence electrons. The van der Waals surface area contributed by atoms with E-state index in [1.807, 2.05) is 0 Å². The van der Waals surface area contributed by atoms with Crippen molar-refractivity contribution < 1.29 is 9.53 Å². The second kappa shape index (κ2) is 5.47. The van der Waals surface area contributed by atoms with Gasteiger partial charge in [-0.1, -0.05) is 18.5 Å². The molecule has 0 radical (unpaired) electrons. The van der Waals surface area contributed by atoms with Crippen molar-refractivity contribution in [3.8, 4) is 0 Å². The minimum atomic E-state index is -0.0650. The van der Waals surface area contributed by atoms with Crippen molar-refractivity contribution in [2.24, 2.45) is 0 Å². The molecule has 0 N–H and O–H groups in total. The van der Waals surface area contributed by atoms with Crippen molar-refractivity contribution in [3.05, 3.63) is 29.0 Å². The van der Waals surface area contributed by atoms with Crippen molar-refractivity contribution in [1.29, 1.82) is 0 Å². The maximum Gasteiger partial charge on any atom is 0.257 e. The van der Waals surface area contributed by atoms with E-state index in [9.17, 15) is 4.79 Å². The van der Waals surface area contributed by atoms with Gasteiger partial charge in [0, 0.05) is 19.3 Å². The Morgan fingerprint density at radius 3 is 3.24 bits per heavy atom. The van der Waals surface area contributed by atoms with Gasteiger partial charge in [-0.05, 0) is 18.6 Å². The minimum Gasteiger partial charge on any atom is -0.375 e. The molecule has 0 saturated carbocycles. The highest BCUT2D eigenvalue weighted by atomic mass is 35.5. The average Bonchev–Trinajstić information content (AvgIpc) is 2.38. The van der Waals surface area contributed by atoms with Crippen LogP contribution in [0.3, 0.4) is 0 Å². The summed E-state index contributed by atoms with van der Waals surface area (Å²) in [4.78, 5) is 17.9. The fourth-order valence-corrected chi connectivity index (χ4v) is 2.07. The van der Waals surface area contributed by atoms with E-state index in [4.69, 9.17) is 16.3 Å². The molecular formula is C12H15ClN2O2. The lowest BCUT2D eigenvalue weighted by molar-refractivity contribution is -0.0226. The molecule has 0 aromatic carbocycles. The molecule has 0 bridgehead atoms. The fraction of sp³-hybridized carbons (Fsp3) is 0.500. The number of halogens is 1. The third-order valence-corrected chi connectivity index (χ3v) is 3.17. The largest absolute Gasteiger partial charge is 0.375 e. The second-order valence-corrected chi connectivity index (χ2v) is 4.35. The van der Waals surface area contributed by atoms with E-state index in [1.54, 1.807) is 23.2 Å². The summed E-state index contributed by atoms with van der Waals surface area (Å²) in [6.45, 7) is 3.87. The Bertz CT molecular complexity index is 411. The quantitative estimate of drug-likeness (QED) is 0.758. The number of aromatic nitrogens is 1. The zero-order valence-corrected chi connectivity index (χ0v) is 10.5. The zero-order chi connectivity index (χ0) is 12.3. The number of nitrogens with zero attached hydrogens (tertiary/aromatic N) is 2. The van der Waals surface area contributed by atoms with Crippen LogP contribution in [0.4, 0.5) is 0 Å². The molecule has 0 aliphatic carbocycles. The zero-order valence-electron chi connectivity index (χ0n) is 9.73. The van der Waals surface area contributed by atoms with Gasteiger partial charge in [0.1, 0.15) is 5.15 Å². The lowest BCUT2D eigenvalue weighted by Gasteiger charge is -2.32. The maximum atomic E-state index is 12.2. The Labute approximate surface area is 106 Å². The van der Waals surface area contributed by atoms with Crippen LogP contribution in [0, 0.1) is 0 Å². The van der Waals surface area contributed by atoms with Crippen LogP contribution < -0.4 is 0 Å². The molecule has 0 spiro atoms. The van der Waals surface area contributed by atoms with Crippen LogP contribution in [-0.4, -0.2) is 41.6 Å². The number of carbonyl (C=O) groups is 1. The van der Waals surface area contributed by atoms with Gasteiger partial charge in [0.25, 0.3) is 5.91 Å². The molecule has 2 rings (SSSR count). The van der Waals surface area contributed by atoms with Gasteiger partial charge in [0.05, 0.1) is 18.3 Å². The smallest absolute Gasteiger partial charge is 0.257 e. The summed E-state index contributed by atoms with van der Waals surface area (Å²) in [7, 11) is 0. The summed E-state index contributed by atoms with van der Waals surface area (Å²) in [5.41, 5.74) is 0.464. The molecular weight excluding hydrogens is 240 g/mol. The summed E-state index contributed by atoms with van der Waals surface area (Å²) in [6, 6.07) is 3.42. The maximum absolute atomic E-state index is 12.2. The van der Waals surface area contributed by atoms with Crippen molar-refractivity contribution >= 4 is 17.5 Å². The van der Waals surface area contributed by atoms with E-state index in [0.717, 1.165) is 6.42 Å². The molecule has 1 unspecified atom stereocenters. The average molecular weight is 255 g/mol. The summed E-state index contributed by atoms with van der Waals surface area (Å²) in [5, 5.41) is 0.261. The normalized spacial score (nSPS) is 20.4. The van der Waals surface area contributed by atoms with E-state index < -0.39 is 0 Å². The number of morpholine rings is 1. The Morgan fingerprint density at radius 2 is 2.53 bits per heavy atom. The van der Waals surface area contributed by atoms with E-state index in [2.05, 4.69) is 11.9 Å². The van der Waals surface area contributed by atoms with E-state index in [0.29, 0.717) is 25.3 Å². The highest BCUT2D eigenvalue weighted by Gasteiger charge is 2.25. The van der Waals surface area contributed by atoms with Crippen LogP contribution in [0.15, 0.2) is 18.3 Å². The van der Waals surface area contributed by atoms with Crippen molar-refractivity contribution in [1.82, 2.24) is 9.88 Å². The molecule has 1 aromatic rings. The number of pyridine rings is 1. The van der Waals surface area contributed by atoms with E-state index in [1.165, 1.54) is 0 Å². The monoisotopic (exact) mass is 254 g/mol. The van der Waals surface area contributed by atoms with Gasteiger partial charge in [-0.15, -0.1) is 0 Å². The molecule has 1 saturated heterocycles. The van der Waals surface area contributed by atoms with Crippen molar-refractivity contribution in [3.63, 3.8) is 0 Å². The number of hydrogen-bond acceptors (Lipinski definition) is 3. The van der Waals surface area contributed by atoms with Crippen LogP contribution in [0.2, 0.25) is 5.15 Å². The van der Waals surface area contributed by atoms with Crippen molar-refractivity contribution in [2.45, 2.75) is 19.4 Å². The fourth-order valence-electron chi connectivity index (χ4n) is 1.87. The number of hydrogen-bond donors (Lipinski definition) is 0. The Hall–Kier alpha value is -1.13. The lowest BCUT2D eigenvalue weighted by atomic mass is 10.2. The first-order valence-corrected chi connectivity index (χ1v) is 6.11. The van der Waals surface area contributed by atoms with Gasteiger partial charge >= 0.3 is 0 Å². The van der Waals surface area contributed by atoms with Crippen LogP contribution in [0.5, 0.6) is 0 Å². The molecule has 5 heteroatoms. The summed E-state index contributed by atoms with van der Waals surface area (Å²) >= 11 is 5.92. The van der Waals surface area contributed by atoms with Crippen LogP contribution in [0.25, 0.3) is 0 Å². The van der Waals surface area contributed by atoms with Crippen LogP contribution >= 0.6 is 11.6 Å². The number of ether oxygens (including phenoxy) is 1. The van der Waals surface area contributed by atoms with Crippen LogP contribution in [-0.2, 0) is 4.74 Å². The predicted molar refractivity (Wildman–Crippen MR) is 65.2 cm³/mol. The third-order valence-electron chi connectivity index (χ3n) is 2.87. The van der Waals surface area contributed by atoms with Crippen molar-refractivity contribution in [2.75, 3.05) is 19.7 Å². The molecule has 2 heterocycles. The summed E-state index contributed by atoms with van der Waals surface area (Å²) < 4.78 is 5.53. The first-order chi connectivity index (χ1) is 8.22. The predicted octanol–water partition coefficient (Wildman–Crippen LogP) is 1.99. The molecule has 1 aromatic heterocycles. The number of carbonyl (C=O) groups excluding carboxylic acids is 1. The first kappa shape index (κ1) is 12.3. The summed E-state index contributed by atoms with van der Waals surface area (Å²) in [6.07, 6.45) is 2.61. The highest BCUT2D eigenvalue weighted by Crippen LogP contribution is 2.17. The van der Waals surface area contributed by atoms with Gasteiger partial charge in [0.15, 0.2) is 0 Å². The second-order valence-electron chi connectivity index (χ2n) is 3.99. The Balaban J connectivity index is 2.12. The number of rotatable bonds is 2. The standard InChI is InChI=1S/C12H15ClN2O2/c1-2-9-8-15(6-7-17-9)12(16)10-4-3-5-14-11(10)13/h3-5,9H,2,6-8H2,1H3. The molecule has 1 aliphatic heterocycles. The van der Waals surface area contributed by atoms with E-state index in [-0.39, 0.29) is 17.2 Å². The molecule has 1 aliphatic rings. The third kappa shape index (κ3) is 2.76. The van der Waals surface area contributed by atoms with Gasteiger partial charge in [-0.2, -0.15) is 0 Å². The highest BCUT2D eigenvalue weighted by molar-refractivity contribution is 6.32. The molecule has 1 amide bonds. The topological polar surface area (TPSA) is 42.4 Å². The van der Waals surface area contributed by atoms with E-state index >= 15 is 0 Å². The van der Waals surface area contributed by atoms with Gasteiger partial charge in [-0.3, -0.25) is 4.79 Å². The minimum absolute atomic E-state index is 0.0650. The molecule has 1 fully saturated rings. The molecule has 1 atom stereocenters. The van der Waals surface area contributed by atoms with Gasteiger partial charge < -0.3 is 9.64 Å². The lowest BCUT2D eigenvalue weighted by Crippen LogP contribution is -2.45. The van der Waals surface area contributed by atoms with Crippen LogP contribution in [0.1, 0.15) is 23.7 Å². The number of amides is 1.